The molecule has 0 spiro atoms. The molecule has 0 aliphatic heterocycles. The van der Waals surface area contributed by atoms with E-state index in [2.05, 4.69) is 23.6 Å². The lowest BCUT2D eigenvalue weighted by atomic mass is 10.5. The van der Waals surface area contributed by atoms with Crippen LogP contribution in [0, 0.1) is 0 Å². The van der Waals surface area contributed by atoms with E-state index in [9.17, 15) is 0 Å². The van der Waals surface area contributed by atoms with Gasteiger partial charge in [0, 0.05) is 6.21 Å². The number of thiol groups is 1. The van der Waals surface area contributed by atoms with Crippen molar-refractivity contribution >= 4 is 28.7 Å². The van der Waals surface area contributed by atoms with Crippen LogP contribution in [-0.4, -0.2) is 6.21 Å². The third-order valence-corrected chi connectivity index (χ3v) is 1.75. The fraction of sp³-hybridized carbons (Fsp3) is 0.500. The Morgan fingerprint density at radius 3 is 2.78 bits per heavy atom. The maximum Gasteiger partial charge on any atom is 0.102 e. The molecule has 0 rings (SSSR count). The van der Waals surface area contributed by atoms with Crippen LogP contribution in [0.25, 0.3) is 0 Å². The summed E-state index contributed by atoms with van der Waals surface area (Å²) in [7, 11) is 1.38. The Bertz CT molecular complexity index is 118. The zero-order valence-electron chi connectivity index (χ0n) is 5.66. The smallest absolute Gasteiger partial charge is 0.102 e. The quantitative estimate of drug-likeness (QED) is 0.381. The van der Waals surface area contributed by atoms with E-state index in [4.69, 9.17) is 0 Å². The Morgan fingerprint density at radius 1 is 1.78 bits per heavy atom. The number of rotatable bonds is 3. The predicted octanol–water partition coefficient (Wildman–Crippen LogP) is 2.91. The van der Waals surface area contributed by atoms with Crippen molar-refractivity contribution in [2.75, 3.05) is 0 Å². The summed E-state index contributed by atoms with van der Waals surface area (Å²) >= 11 is 4.02. The lowest BCUT2D eigenvalue weighted by Gasteiger charge is -1.90. The molecule has 3 heteroatoms. The average molecular weight is 161 g/mol. The normalized spacial score (nSPS) is 13.0. The monoisotopic (exact) mass is 161 g/mol. The number of hydrogen-bond donors (Lipinski definition) is 1. The molecule has 0 saturated heterocycles. The van der Waals surface area contributed by atoms with Gasteiger partial charge >= 0.3 is 0 Å². The van der Waals surface area contributed by atoms with Crippen LogP contribution in [0.15, 0.2) is 16.1 Å². The number of hydrogen-bond acceptors (Lipinski definition) is 3. The van der Waals surface area contributed by atoms with E-state index in [1.165, 1.54) is 10.8 Å². The standard InChI is InChI=1S/C6H11NS2/c1-3-5-6(9-8)7-4-2/h4-5,8H,3H2,1-2H3/b6-5+,7-4?. The molecule has 9 heavy (non-hydrogen) atoms. The second kappa shape index (κ2) is 6.23. The van der Waals surface area contributed by atoms with Crippen molar-refractivity contribution in [1.29, 1.82) is 0 Å². The highest BCUT2D eigenvalue weighted by Gasteiger charge is 1.85. The van der Waals surface area contributed by atoms with E-state index < -0.39 is 0 Å². The Hall–Kier alpha value is 0.110. The molecule has 0 fully saturated rings. The van der Waals surface area contributed by atoms with Gasteiger partial charge in [-0.3, -0.25) is 4.99 Å². The number of aliphatic imine (C=N–C) groups is 1. The van der Waals surface area contributed by atoms with Gasteiger partial charge in [-0.15, -0.1) is 11.7 Å². The second-order valence-electron chi connectivity index (χ2n) is 1.43. The summed E-state index contributed by atoms with van der Waals surface area (Å²) in [5, 5.41) is 0.975. The van der Waals surface area contributed by atoms with Gasteiger partial charge in [0.2, 0.25) is 0 Å². The van der Waals surface area contributed by atoms with Crippen molar-refractivity contribution < 1.29 is 0 Å². The van der Waals surface area contributed by atoms with Crippen LogP contribution in [0.3, 0.4) is 0 Å². The fourth-order valence-corrected chi connectivity index (χ4v) is 1.17. The summed E-state index contributed by atoms with van der Waals surface area (Å²) in [6, 6.07) is 0. The van der Waals surface area contributed by atoms with Crippen molar-refractivity contribution in [1.82, 2.24) is 0 Å². The van der Waals surface area contributed by atoms with E-state index in [1.807, 2.05) is 13.0 Å². The highest BCUT2D eigenvalue weighted by molar-refractivity contribution is 8.70. The lowest BCUT2D eigenvalue weighted by Crippen LogP contribution is -1.66. The first-order valence-electron chi connectivity index (χ1n) is 2.85. The molecule has 0 atom stereocenters. The number of allylic oxidation sites excluding steroid dienone is 1. The third kappa shape index (κ3) is 4.60. The van der Waals surface area contributed by atoms with Crippen molar-refractivity contribution in [3.63, 3.8) is 0 Å². The molecule has 0 unspecified atom stereocenters. The topological polar surface area (TPSA) is 12.4 Å². The molecule has 0 amide bonds. The van der Waals surface area contributed by atoms with Gasteiger partial charge in [-0.2, -0.15) is 0 Å². The molecule has 0 aliphatic carbocycles. The maximum absolute atomic E-state index is 4.06. The van der Waals surface area contributed by atoms with E-state index in [0.29, 0.717) is 0 Å². The zero-order chi connectivity index (χ0) is 7.11. The van der Waals surface area contributed by atoms with Crippen LogP contribution in [-0.2, 0) is 0 Å². The van der Waals surface area contributed by atoms with Crippen LogP contribution in [0.1, 0.15) is 20.3 Å². The molecule has 0 bridgehead atoms. The molecule has 0 aromatic heterocycles. The minimum absolute atomic E-state index is 0.975. The van der Waals surface area contributed by atoms with Gasteiger partial charge in [-0.1, -0.05) is 13.0 Å². The van der Waals surface area contributed by atoms with Crippen LogP contribution in [0.2, 0.25) is 0 Å². The summed E-state index contributed by atoms with van der Waals surface area (Å²) in [6.45, 7) is 3.97. The molecule has 0 radical (unpaired) electrons. The molecular formula is C6H11NS2. The lowest BCUT2D eigenvalue weighted by molar-refractivity contribution is 1.21. The first-order chi connectivity index (χ1) is 4.35. The Labute approximate surface area is 65.4 Å². The first-order valence-corrected chi connectivity index (χ1v) is 4.72. The predicted molar refractivity (Wildman–Crippen MR) is 49.1 cm³/mol. The molecule has 52 valence electrons. The molecule has 0 N–H and O–H groups in total. The third-order valence-electron chi connectivity index (χ3n) is 0.729. The summed E-state index contributed by atoms with van der Waals surface area (Å²) in [5.74, 6) is 0. The van der Waals surface area contributed by atoms with E-state index in [0.717, 1.165) is 11.4 Å². The van der Waals surface area contributed by atoms with Crippen LogP contribution in [0.5, 0.6) is 0 Å². The largest absolute Gasteiger partial charge is 0.254 e. The van der Waals surface area contributed by atoms with Gasteiger partial charge in [0.25, 0.3) is 0 Å². The summed E-state index contributed by atoms with van der Waals surface area (Å²) in [5.41, 5.74) is 0. The molecule has 1 nitrogen and oxygen atoms in total. The highest BCUT2D eigenvalue weighted by atomic mass is 33.1. The molecule has 0 aromatic rings. The average Bonchev–Trinajstić information content (AvgIpc) is 1.88. The molecule has 0 heterocycles. The highest BCUT2D eigenvalue weighted by Crippen LogP contribution is 2.20. The minimum atomic E-state index is 0.975. The minimum Gasteiger partial charge on any atom is -0.254 e. The van der Waals surface area contributed by atoms with Crippen molar-refractivity contribution in [3.8, 4) is 0 Å². The van der Waals surface area contributed by atoms with Gasteiger partial charge < -0.3 is 0 Å². The molecule has 0 saturated carbocycles. The van der Waals surface area contributed by atoms with E-state index >= 15 is 0 Å². The molecule has 0 aliphatic rings. The van der Waals surface area contributed by atoms with Gasteiger partial charge in [0.05, 0.1) is 0 Å². The number of nitrogens with zero attached hydrogens (tertiary/aromatic N) is 1. The molecule has 0 aromatic carbocycles. The van der Waals surface area contributed by atoms with Crippen molar-refractivity contribution in [3.05, 3.63) is 11.1 Å². The summed E-state index contributed by atoms with van der Waals surface area (Å²) < 4.78 is 0. The second-order valence-corrected chi connectivity index (χ2v) is 2.58. The van der Waals surface area contributed by atoms with Gasteiger partial charge in [0.15, 0.2) is 0 Å². The van der Waals surface area contributed by atoms with Crippen LogP contribution < -0.4 is 0 Å². The van der Waals surface area contributed by atoms with Gasteiger partial charge in [-0.25, -0.2) is 0 Å². The van der Waals surface area contributed by atoms with Crippen molar-refractivity contribution in [2.45, 2.75) is 20.3 Å². The maximum atomic E-state index is 4.06. The Morgan fingerprint density at radius 2 is 2.44 bits per heavy atom. The Kier molecular flexibility index (Phi) is 6.31. The Balaban J connectivity index is 3.81. The van der Waals surface area contributed by atoms with E-state index in [1.54, 1.807) is 6.21 Å². The summed E-state index contributed by atoms with van der Waals surface area (Å²) in [4.78, 5) is 4.06. The zero-order valence-corrected chi connectivity index (χ0v) is 7.38. The van der Waals surface area contributed by atoms with E-state index in [-0.39, 0.29) is 0 Å². The summed E-state index contributed by atoms with van der Waals surface area (Å²) in [6.07, 6.45) is 4.82. The van der Waals surface area contributed by atoms with Gasteiger partial charge in [0.1, 0.15) is 5.03 Å². The van der Waals surface area contributed by atoms with Crippen LogP contribution >= 0.6 is 22.5 Å². The molecular weight excluding hydrogens is 150 g/mol. The first kappa shape index (κ1) is 9.11. The van der Waals surface area contributed by atoms with Crippen molar-refractivity contribution in [2.24, 2.45) is 4.99 Å². The van der Waals surface area contributed by atoms with Crippen LogP contribution in [0.4, 0.5) is 0 Å². The fourth-order valence-electron chi connectivity index (χ4n) is 0.415. The van der Waals surface area contributed by atoms with Gasteiger partial charge in [-0.05, 0) is 24.1 Å². The SMILES string of the molecule is CC=N/C(=C\CC)SS.